The largest absolute Gasteiger partial charge is 0.397 e. The van der Waals surface area contributed by atoms with Crippen LogP contribution in [0.5, 0.6) is 0 Å². The number of aryl methyl sites for hydroxylation is 1. The summed E-state index contributed by atoms with van der Waals surface area (Å²) in [5, 5.41) is 2.81. The van der Waals surface area contributed by atoms with Crippen LogP contribution < -0.4 is 11.1 Å². The van der Waals surface area contributed by atoms with Gasteiger partial charge >= 0.3 is 0 Å². The van der Waals surface area contributed by atoms with Crippen molar-refractivity contribution in [1.29, 1.82) is 0 Å². The lowest BCUT2D eigenvalue weighted by atomic mass is 10.2. The zero-order valence-electron chi connectivity index (χ0n) is 10.3. The Bertz CT molecular complexity index is 380. The fourth-order valence-electron chi connectivity index (χ4n) is 1.39. The van der Waals surface area contributed by atoms with Crippen LogP contribution in [0.2, 0.25) is 0 Å². The minimum absolute atomic E-state index is 0.140. The van der Waals surface area contributed by atoms with Crippen molar-refractivity contribution in [3.05, 3.63) is 23.5 Å². The van der Waals surface area contributed by atoms with Gasteiger partial charge in [-0.25, -0.2) is 0 Å². The Labute approximate surface area is 101 Å². The van der Waals surface area contributed by atoms with E-state index in [2.05, 4.69) is 10.3 Å². The quantitative estimate of drug-likeness (QED) is 0.727. The molecule has 0 spiro atoms. The number of carbonyl (C=O) groups excluding carboxylic acids is 1. The molecule has 5 heteroatoms. The first-order valence-corrected chi connectivity index (χ1v) is 5.73. The maximum absolute atomic E-state index is 11.8. The second-order valence-corrected chi connectivity index (χ2v) is 3.71. The molecule has 0 atom stereocenters. The fraction of sp³-hybridized carbons (Fsp3) is 0.500. The third-order valence-electron chi connectivity index (χ3n) is 2.31. The number of pyridine rings is 1. The van der Waals surface area contributed by atoms with Crippen molar-refractivity contribution in [1.82, 2.24) is 10.3 Å². The number of ether oxygens (including phenoxy) is 1. The molecule has 0 saturated carbocycles. The minimum atomic E-state index is -0.140. The molecule has 0 saturated heterocycles. The first-order chi connectivity index (χ1) is 8.15. The van der Waals surface area contributed by atoms with Crippen molar-refractivity contribution < 1.29 is 9.53 Å². The van der Waals surface area contributed by atoms with E-state index in [9.17, 15) is 4.79 Å². The van der Waals surface area contributed by atoms with Gasteiger partial charge in [0.05, 0.1) is 23.1 Å². The summed E-state index contributed by atoms with van der Waals surface area (Å²) in [5.41, 5.74) is 7.30. The highest BCUT2D eigenvalue weighted by Gasteiger charge is 2.09. The SMILES string of the molecule is CCOCCCNC(=O)c1cc(N)cnc1C. The average Bonchev–Trinajstić information content (AvgIpc) is 2.32. The highest BCUT2D eigenvalue weighted by Crippen LogP contribution is 2.09. The summed E-state index contributed by atoms with van der Waals surface area (Å²) >= 11 is 0. The molecule has 1 rings (SSSR count). The summed E-state index contributed by atoms with van der Waals surface area (Å²) in [7, 11) is 0. The van der Waals surface area contributed by atoms with Crippen LogP contribution in [0.15, 0.2) is 12.3 Å². The van der Waals surface area contributed by atoms with Crippen molar-refractivity contribution in [2.24, 2.45) is 0 Å². The topological polar surface area (TPSA) is 77.2 Å². The van der Waals surface area contributed by atoms with Crippen LogP contribution in [0, 0.1) is 6.92 Å². The molecule has 0 bridgehead atoms. The van der Waals surface area contributed by atoms with Crippen LogP contribution in [0.25, 0.3) is 0 Å². The Morgan fingerprint density at radius 2 is 2.35 bits per heavy atom. The lowest BCUT2D eigenvalue weighted by Crippen LogP contribution is -2.26. The number of hydrogen-bond acceptors (Lipinski definition) is 4. The van der Waals surface area contributed by atoms with Gasteiger partial charge in [-0.1, -0.05) is 0 Å². The Morgan fingerprint density at radius 1 is 1.59 bits per heavy atom. The molecule has 0 aliphatic rings. The van der Waals surface area contributed by atoms with E-state index in [1.807, 2.05) is 6.92 Å². The first kappa shape index (κ1) is 13.4. The standard InChI is InChI=1S/C12H19N3O2/c1-3-17-6-4-5-14-12(16)11-7-10(13)8-15-9(11)2/h7-8H,3-6,13H2,1-2H3,(H,14,16). The van der Waals surface area contributed by atoms with Gasteiger partial charge in [0.25, 0.3) is 5.91 Å². The summed E-state index contributed by atoms with van der Waals surface area (Å²) in [4.78, 5) is 15.8. The van der Waals surface area contributed by atoms with Crippen molar-refractivity contribution in [2.45, 2.75) is 20.3 Å². The second-order valence-electron chi connectivity index (χ2n) is 3.71. The van der Waals surface area contributed by atoms with Crippen LogP contribution in [0.3, 0.4) is 0 Å². The monoisotopic (exact) mass is 237 g/mol. The van der Waals surface area contributed by atoms with Crippen molar-refractivity contribution in [3.8, 4) is 0 Å². The maximum atomic E-state index is 11.8. The van der Waals surface area contributed by atoms with E-state index in [1.54, 1.807) is 19.2 Å². The molecule has 94 valence electrons. The lowest BCUT2D eigenvalue weighted by molar-refractivity contribution is 0.0943. The zero-order valence-corrected chi connectivity index (χ0v) is 10.3. The Kier molecular flexibility index (Phi) is 5.42. The molecule has 1 aromatic heterocycles. The number of amides is 1. The van der Waals surface area contributed by atoms with E-state index < -0.39 is 0 Å². The molecule has 0 aliphatic carbocycles. The molecule has 5 nitrogen and oxygen atoms in total. The molecule has 0 fully saturated rings. The molecule has 0 aromatic carbocycles. The van der Waals surface area contributed by atoms with Crippen molar-refractivity contribution in [3.63, 3.8) is 0 Å². The second kappa shape index (κ2) is 6.85. The molecule has 1 amide bonds. The smallest absolute Gasteiger partial charge is 0.253 e. The third-order valence-corrected chi connectivity index (χ3v) is 2.31. The van der Waals surface area contributed by atoms with Gasteiger partial charge in [-0.3, -0.25) is 9.78 Å². The highest BCUT2D eigenvalue weighted by molar-refractivity contribution is 5.95. The number of nitrogens with two attached hydrogens (primary N) is 1. The van der Waals surface area contributed by atoms with Crippen LogP contribution in [-0.4, -0.2) is 30.6 Å². The number of nitrogens with zero attached hydrogens (tertiary/aromatic N) is 1. The van der Waals surface area contributed by atoms with Gasteiger partial charge in [-0.05, 0) is 26.3 Å². The molecule has 17 heavy (non-hydrogen) atoms. The number of nitrogens with one attached hydrogen (secondary N) is 1. The van der Waals surface area contributed by atoms with Gasteiger partial charge in [-0.15, -0.1) is 0 Å². The zero-order chi connectivity index (χ0) is 12.7. The van der Waals surface area contributed by atoms with E-state index in [1.165, 1.54) is 0 Å². The van der Waals surface area contributed by atoms with E-state index in [-0.39, 0.29) is 5.91 Å². The number of nitrogen functional groups attached to an aromatic ring is 1. The van der Waals surface area contributed by atoms with Crippen LogP contribution in [0.1, 0.15) is 29.4 Å². The molecule has 0 aliphatic heterocycles. The number of carbonyl (C=O) groups is 1. The van der Waals surface area contributed by atoms with E-state index in [0.717, 1.165) is 6.42 Å². The van der Waals surface area contributed by atoms with E-state index >= 15 is 0 Å². The summed E-state index contributed by atoms with van der Waals surface area (Å²) in [6.45, 7) is 5.68. The van der Waals surface area contributed by atoms with Gasteiger partial charge in [-0.2, -0.15) is 0 Å². The Hall–Kier alpha value is -1.62. The maximum Gasteiger partial charge on any atom is 0.253 e. The highest BCUT2D eigenvalue weighted by atomic mass is 16.5. The normalized spacial score (nSPS) is 10.2. The summed E-state index contributed by atoms with van der Waals surface area (Å²) in [5.74, 6) is -0.140. The van der Waals surface area contributed by atoms with E-state index in [0.29, 0.717) is 36.7 Å². The van der Waals surface area contributed by atoms with Gasteiger partial charge < -0.3 is 15.8 Å². The predicted molar refractivity (Wildman–Crippen MR) is 66.8 cm³/mol. The van der Waals surface area contributed by atoms with Gasteiger partial charge in [0.2, 0.25) is 0 Å². The minimum Gasteiger partial charge on any atom is -0.397 e. The van der Waals surface area contributed by atoms with Crippen LogP contribution >= 0.6 is 0 Å². The Balaban J connectivity index is 2.44. The molecular formula is C12H19N3O2. The van der Waals surface area contributed by atoms with Crippen molar-refractivity contribution >= 4 is 11.6 Å². The number of hydrogen-bond donors (Lipinski definition) is 2. The van der Waals surface area contributed by atoms with E-state index in [4.69, 9.17) is 10.5 Å². The average molecular weight is 237 g/mol. The number of anilines is 1. The van der Waals surface area contributed by atoms with Gasteiger partial charge in [0.15, 0.2) is 0 Å². The molecule has 0 unspecified atom stereocenters. The van der Waals surface area contributed by atoms with Crippen LogP contribution in [-0.2, 0) is 4.74 Å². The van der Waals surface area contributed by atoms with Gasteiger partial charge in [0, 0.05) is 19.8 Å². The number of rotatable bonds is 6. The predicted octanol–water partition coefficient (Wildman–Crippen LogP) is 1.13. The fourth-order valence-corrected chi connectivity index (χ4v) is 1.39. The van der Waals surface area contributed by atoms with Crippen molar-refractivity contribution in [2.75, 3.05) is 25.5 Å². The summed E-state index contributed by atoms with van der Waals surface area (Å²) in [6, 6.07) is 1.64. The molecule has 3 N–H and O–H groups in total. The molecular weight excluding hydrogens is 218 g/mol. The third kappa shape index (κ3) is 4.40. The molecule has 1 aromatic rings. The Morgan fingerprint density at radius 3 is 3.06 bits per heavy atom. The summed E-state index contributed by atoms with van der Waals surface area (Å²) < 4.78 is 5.18. The number of aromatic nitrogens is 1. The summed E-state index contributed by atoms with van der Waals surface area (Å²) in [6.07, 6.45) is 2.34. The van der Waals surface area contributed by atoms with Crippen LogP contribution in [0.4, 0.5) is 5.69 Å². The lowest BCUT2D eigenvalue weighted by Gasteiger charge is -2.07. The molecule has 1 heterocycles. The van der Waals surface area contributed by atoms with Gasteiger partial charge in [0.1, 0.15) is 0 Å². The molecule has 0 radical (unpaired) electrons. The first-order valence-electron chi connectivity index (χ1n) is 5.73.